The van der Waals surface area contributed by atoms with Gasteiger partial charge < -0.3 is 19.6 Å². The van der Waals surface area contributed by atoms with Gasteiger partial charge in [0, 0.05) is 31.9 Å². The van der Waals surface area contributed by atoms with E-state index in [4.69, 9.17) is 26.2 Å². The van der Waals surface area contributed by atoms with Gasteiger partial charge in [-0.3, -0.25) is 9.20 Å². The van der Waals surface area contributed by atoms with Crippen molar-refractivity contribution in [2.45, 2.75) is 69.0 Å². The van der Waals surface area contributed by atoms with Crippen molar-refractivity contribution in [3.63, 3.8) is 0 Å². The standard InChI is InChI=1S/C24H29ClF3N7O4S2.CH2O2/c1-13-10-33(7-8-34(13)22(36)39-23(2,3)4)15-9-14(41(37,38)32-24(12-26)5-6-24)11-35-16(15)17(25)29-19(35)21-31-30-20(40-21)18(27)28;2-1-3/h9,11,13,18,32H,5-8,10,12H2,1-4H3;1H,(H,2,3)/t13-;/m1./s1. The first-order valence-corrected chi connectivity index (χ1v) is 16.0. The first kappa shape index (κ1) is 33.7. The highest BCUT2D eigenvalue weighted by Crippen LogP contribution is 2.40. The molecule has 0 aromatic carbocycles. The zero-order valence-corrected chi connectivity index (χ0v) is 26.5. The predicted octanol–water partition coefficient (Wildman–Crippen LogP) is 4.37. The first-order valence-electron chi connectivity index (χ1n) is 13.3. The minimum absolute atomic E-state index is 0.00893. The maximum Gasteiger partial charge on any atom is 0.410 e. The number of ether oxygens (including phenoxy) is 1. The molecule has 1 atom stereocenters. The third kappa shape index (κ3) is 7.18. The lowest BCUT2D eigenvalue weighted by atomic mass is 10.1. The summed E-state index contributed by atoms with van der Waals surface area (Å²) in [5, 5.41) is 13.7. The second kappa shape index (κ2) is 12.6. The highest BCUT2D eigenvalue weighted by Gasteiger charge is 2.46. The second-order valence-corrected chi connectivity index (χ2v) is 14.4. The number of amides is 1. The molecule has 3 aromatic rings. The van der Waals surface area contributed by atoms with E-state index in [-0.39, 0.29) is 39.9 Å². The quantitative estimate of drug-likeness (QED) is 0.343. The number of nitrogens with one attached hydrogen (secondary N) is 1. The summed E-state index contributed by atoms with van der Waals surface area (Å²) in [6.07, 6.45) is -1.33. The van der Waals surface area contributed by atoms with Crippen LogP contribution >= 0.6 is 22.9 Å². The highest BCUT2D eigenvalue weighted by molar-refractivity contribution is 7.89. The summed E-state index contributed by atoms with van der Waals surface area (Å²) in [4.78, 5) is 28.7. The summed E-state index contributed by atoms with van der Waals surface area (Å²) < 4.78 is 76.4. The van der Waals surface area contributed by atoms with E-state index in [1.165, 1.54) is 16.7 Å². The first-order chi connectivity index (χ1) is 20.5. The molecule has 1 saturated carbocycles. The highest BCUT2D eigenvalue weighted by atomic mass is 35.5. The van der Waals surface area contributed by atoms with Crippen LogP contribution in [0.4, 0.5) is 23.7 Å². The molecule has 19 heteroatoms. The Bertz CT molecular complexity index is 1640. The summed E-state index contributed by atoms with van der Waals surface area (Å²) >= 11 is 7.17. The van der Waals surface area contributed by atoms with Gasteiger partial charge in [0.1, 0.15) is 22.7 Å². The fraction of sp³-hybridized carbons (Fsp3) is 0.560. The van der Waals surface area contributed by atoms with Gasteiger partial charge in [-0.25, -0.2) is 36.1 Å². The molecule has 2 fully saturated rings. The summed E-state index contributed by atoms with van der Waals surface area (Å²) in [6.45, 7) is 6.94. The lowest BCUT2D eigenvalue weighted by molar-refractivity contribution is -0.122. The number of hydrogen-bond donors (Lipinski definition) is 2. The topological polar surface area (TPSA) is 159 Å². The largest absolute Gasteiger partial charge is 0.483 e. The van der Waals surface area contributed by atoms with E-state index >= 15 is 0 Å². The number of rotatable bonds is 7. The number of imidazole rings is 1. The molecule has 44 heavy (non-hydrogen) atoms. The number of hydrogen-bond acceptors (Lipinski definition) is 10. The number of aromatic nitrogens is 4. The van der Waals surface area contributed by atoms with Crippen molar-refractivity contribution in [2.75, 3.05) is 31.2 Å². The number of anilines is 1. The molecule has 1 aliphatic carbocycles. The molecular weight excluding hydrogens is 651 g/mol. The SMILES string of the molecule is C[C@@H]1CN(c2cc(S(=O)(=O)NC3(CF)CC3)cn3c(-c4nnc(C(F)F)s4)nc(Cl)c23)CCN1C(=O)OC(C)(C)C.O=CO. The number of piperazine rings is 1. The van der Waals surface area contributed by atoms with Crippen LogP contribution in [0.5, 0.6) is 0 Å². The van der Waals surface area contributed by atoms with Crippen LogP contribution in [-0.2, 0) is 19.6 Å². The summed E-state index contributed by atoms with van der Waals surface area (Å²) in [5.41, 5.74) is -1.12. The Morgan fingerprint density at radius 2 is 1.98 bits per heavy atom. The number of carbonyl (C=O) groups excluding carboxylic acids is 1. The van der Waals surface area contributed by atoms with Gasteiger partial charge in [-0.1, -0.05) is 22.9 Å². The fourth-order valence-electron chi connectivity index (χ4n) is 4.61. The van der Waals surface area contributed by atoms with Crippen molar-refractivity contribution < 1.29 is 41.0 Å². The predicted molar refractivity (Wildman–Crippen MR) is 156 cm³/mol. The van der Waals surface area contributed by atoms with Crippen LogP contribution < -0.4 is 9.62 Å². The lowest BCUT2D eigenvalue weighted by Gasteiger charge is -2.41. The summed E-state index contributed by atoms with van der Waals surface area (Å²) in [6, 6.07) is 1.10. The number of fused-ring (bicyclic) bond motifs is 1. The van der Waals surface area contributed by atoms with E-state index < -0.39 is 45.4 Å². The zero-order valence-electron chi connectivity index (χ0n) is 24.1. The van der Waals surface area contributed by atoms with Crippen LogP contribution in [0.25, 0.3) is 16.3 Å². The van der Waals surface area contributed by atoms with E-state index in [0.717, 1.165) is 0 Å². The minimum Gasteiger partial charge on any atom is -0.483 e. The molecule has 1 saturated heterocycles. The van der Waals surface area contributed by atoms with Crippen LogP contribution in [0, 0.1) is 0 Å². The van der Waals surface area contributed by atoms with E-state index in [1.54, 1.807) is 25.7 Å². The molecule has 2 aliphatic rings. The number of pyridine rings is 1. The van der Waals surface area contributed by atoms with Gasteiger partial charge in [-0.15, -0.1) is 10.2 Å². The molecule has 3 aromatic heterocycles. The van der Waals surface area contributed by atoms with Crippen molar-refractivity contribution in [2.24, 2.45) is 0 Å². The normalized spacial score (nSPS) is 18.2. The Morgan fingerprint density at radius 1 is 1.32 bits per heavy atom. The number of carbonyl (C=O) groups is 2. The van der Waals surface area contributed by atoms with Gasteiger partial charge in [-0.05, 0) is 46.6 Å². The molecule has 13 nitrogen and oxygen atoms in total. The molecule has 0 bridgehead atoms. The fourth-order valence-corrected chi connectivity index (χ4v) is 7.02. The lowest BCUT2D eigenvalue weighted by Crippen LogP contribution is -2.55. The van der Waals surface area contributed by atoms with E-state index in [2.05, 4.69) is 19.9 Å². The van der Waals surface area contributed by atoms with Gasteiger partial charge in [-0.2, -0.15) is 0 Å². The molecule has 4 heterocycles. The minimum atomic E-state index is -4.22. The molecule has 0 unspecified atom stereocenters. The Kier molecular flexibility index (Phi) is 9.68. The maximum absolute atomic E-state index is 13.6. The molecule has 5 rings (SSSR count). The van der Waals surface area contributed by atoms with Crippen molar-refractivity contribution >= 4 is 56.7 Å². The van der Waals surface area contributed by atoms with Crippen molar-refractivity contribution in [3.8, 4) is 10.8 Å². The third-order valence-corrected chi connectivity index (χ3v) is 9.57. The molecule has 0 radical (unpaired) electrons. The molecule has 0 spiro atoms. The number of sulfonamides is 1. The Balaban J connectivity index is 0.00000141. The van der Waals surface area contributed by atoms with Gasteiger partial charge in [0.15, 0.2) is 21.0 Å². The number of nitrogens with zero attached hydrogens (tertiary/aromatic N) is 6. The van der Waals surface area contributed by atoms with Crippen molar-refractivity contribution in [1.29, 1.82) is 0 Å². The van der Waals surface area contributed by atoms with Gasteiger partial charge in [0.25, 0.3) is 12.9 Å². The van der Waals surface area contributed by atoms with Crippen LogP contribution in [0.2, 0.25) is 5.15 Å². The van der Waals surface area contributed by atoms with Crippen molar-refractivity contribution in [3.05, 3.63) is 22.4 Å². The van der Waals surface area contributed by atoms with Crippen LogP contribution in [0.3, 0.4) is 0 Å². The van der Waals surface area contributed by atoms with E-state index in [1.807, 2.05) is 11.8 Å². The summed E-state index contributed by atoms with van der Waals surface area (Å²) in [5.74, 6) is 0.0276. The molecule has 1 amide bonds. The average Bonchev–Trinajstić information content (AvgIpc) is 3.35. The van der Waals surface area contributed by atoms with Gasteiger partial charge in [0.2, 0.25) is 10.0 Å². The van der Waals surface area contributed by atoms with E-state index in [9.17, 15) is 26.4 Å². The summed E-state index contributed by atoms with van der Waals surface area (Å²) in [7, 11) is -4.22. The van der Waals surface area contributed by atoms with Crippen LogP contribution in [-0.4, -0.2) is 94.1 Å². The number of halogens is 4. The molecule has 1 aliphatic heterocycles. The molecular formula is C25H31ClF3N7O6S2. The van der Waals surface area contributed by atoms with E-state index in [0.29, 0.717) is 48.5 Å². The second-order valence-electron chi connectivity index (χ2n) is 11.3. The Morgan fingerprint density at radius 3 is 2.50 bits per heavy atom. The van der Waals surface area contributed by atoms with Crippen LogP contribution in [0.15, 0.2) is 17.2 Å². The maximum atomic E-state index is 13.6. The smallest absolute Gasteiger partial charge is 0.410 e. The van der Waals surface area contributed by atoms with Crippen molar-refractivity contribution in [1.82, 2.24) is 29.2 Å². The monoisotopic (exact) mass is 681 g/mol. The zero-order chi connectivity index (χ0) is 32.6. The van der Waals surface area contributed by atoms with Gasteiger partial charge in [0.05, 0.1) is 11.2 Å². The Labute approximate surface area is 260 Å². The number of alkyl halides is 3. The van der Waals surface area contributed by atoms with Crippen LogP contribution in [0.1, 0.15) is 52.0 Å². The number of carboxylic acid groups (broad SMARTS) is 1. The Hall–Kier alpha value is -3.22. The molecule has 242 valence electrons. The third-order valence-electron chi connectivity index (χ3n) is 6.83. The average molecular weight is 682 g/mol. The van der Waals surface area contributed by atoms with Gasteiger partial charge >= 0.3 is 6.09 Å². The molecule has 2 N–H and O–H groups in total.